The maximum atomic E-state index is 4.38. The Morgan fingerprint density at radius 2 is 1.60 bits per heavy atom. The van der Waals surface area contributed by atoms with Gasteiger partial charge in [0.2, 0.25) is 0 Å². The molecular formula is C10H8N4Se. The SMILES string of the molecule is Cc1c2nccnc2c(C)c2[se]nnc12. The second-order valence-electron chi connectivity index (χ2n) is 3.45. The summed E-state index contributed by atoms with van der Waals surface area (Å²) in [6.45, 7) is 4.11. The minimum atomic E-state index is 0.121. The van der Waals surface area contributed by atoms with Crippen molar-refractivity contribution < 1.29 is 0 Å². The molecule has 0 aliphatic rings. The second kappa shape index (κ2) is 3.08. The van der Waals surface area contributed by atoms with Gasteiger partial charge in [-0.25, -0.2) is 0 Å². The van der Waals surface area contributed by atoms with Crippen LogP contribution in [0.3, 0.4) is 0 Å². The van der Waals surface area contributed by atoms with E-state index in [0.29, 0.717) is 0 Å². The molecule has 0 radical (unpaired) electrons. The first kappa shape index (κ1) is 8.95. The summed E-state index contributed by atoms with van der Waals surface area (Å²) in [6, 6.07) is 0. The number of benzene rings is 1. The summed E-state index contributed by atoms with van der Waals surface area (Å²) in [5, 5.41) is 4.19. The van der Waals surface area contributed by atoms with Gasteiger partial charge in [0.25, 0.3) is 0 Å². The first-order chi connectivity index (χ1) is 7.29. The third-order valence-corrected chi connectivity index (χ3v) is 4.37. The molecule has 15 heavy (non-hydrogen) atoms. The van der Waals surface area contributed by atoms with E-state index in [0.717, 1.165) is 22.1 Å². The van der Waals surface area contributed by atoms with Gasteiger partial charge in [-0.2, -0.15) is 0 Å². The summed E-state index contributed by atoms with van der Waals surface area (Å²) in [5.74, 6) is 0. The molecule has 0 N–H and O–H groups in total. The van der Waals surface area contributed by atoms with Crippen molar-refractivity contribution in [3.63, 3.8) is 0 Å². The van der Waals surface area contributed by atoms with Crippen molar-refractivity contribution in [1.29, 1.82) is 0 Å². The van der Waals surface area contributed by atoms with Crippen molar-refractivity contribution in [2.75, 3.05) is 0 Å². The summed E-state index contributed by atoms with van der Waals surface area (Å²) in [5.41, 5.74) is 5.24. The van der Waals surface area contributed by atoms with Crippen LogP contribution in [0.1, 0.15) is 11.1 Å². The number of aromatic nitrogens is 4. The predicted molar refractivity (Wildman–Crippen MR) is 59.0 cm³/mol. The van der Waals surface area contributed by atoms with Gasteiger partial charge in [0.15, 0.2) is 0 Å². The summed E-state index contributed by atoms with van der Waals surface area (Å²) in [4.78, 5) is 8.75. The number of rotatable bonds is 0. The first-order valence-corrected chi connectivity index (χ1v) is 6.23. The molecule has 1 aromatic carbocycles. The van der Waals surface area contributed by atoms with Crippen LogP contribution in [0.5, 0.6) is 0 Å². The zero-order valence-electron chi connectivity index (χ0n) is 8.35. The van der Waals surface area contributed by atoms with Crippen LogP contribution >= 0.6 is 0 Å². The Hall–Kier alpha value is -1.32. The van der Waals surface area contributed by atoms with Gasteiger partial charge in [-0.05, 0) is 0 Å². The summed E-state index contributed by atoms with van der Waals surface area (Å²) >= 11 is 0.121. The Balaban J connectivity index is 2.69. The van der Waals surface area contributed by atoms with Gasteiger partial charge in [-0.3, -0.25) is 0 Å². The van der Waals surface area contributed by atoms with Crippen molar-refractivity contribution in [2.45, 2.75) is 13.8 Å². The Morgan fingerprint density at radius 3 is 2.33 bits per heavy atom. The molecule has 3 aromatic rings. The predicted octanol–water partition coefficient (Wildman–Crippen LogP) is 1.25. The summed E-state index contributed by atoms with van der Waals surface area (Å²) < 4.78 is 5.39. The van der Waals surface area contributed by atoms with Gasteiger partial charge in [-0.15, -0.1) is 0 Å². The van der Waals surface area contributed by atoms with Crippen molar-refractivity contribution in [2.24, 2.45) is 0 Å². The Morgan fingerprint density at radius 1 is 0.933 bits per heavy atom. The fourth-order valence-electron chi connectivity index (χ4n) is 1.79. The molecular weight excluding hydrogens is 255 g/mol. The number of hydrogen-bond acceptors (Lipinski definition) is 4. The Labute approximate surface area is 92.3 Å². The molecule has 0 aliphatic heterocycles. The van der Waals surface area contributed by atoms with Crippen LogP contribution in [0.2, 0.25) is 0 Å². The number of hydrogen-bond donors (Lipinski definition) is 0. The van der Waals surface area contributed by atoms with Crippen LogP contribution in [0.25, 0.3) is 20.8 Å². The molecule has 0 saturated heterocycles. The van der Waals surface area contributed by atoms with E-state index >= 15 is 0 Å². The summed E-state index contributed by atoms with van der Waals surface area (Å²) in [6.07, 6.45) is 3.45. The summed E-state index contributed by atoms with van der Waals surface area (Å²) in [7, 11) is 0. The average Bonchev–Trinajstić information content (AvgIpc) is 2.75. The van der Waals surface area contributed by atoms with Crippen molar-refractivity contribution >= 4 is 35.5 Å². The normalized spacial score (nSPS) is 11.3. The average molecular weight is 263 g/mol. The molecule has 0 bridgehead atoms. The van der Waals surface area contributed by atoms with Crippen molar-refractivity contribution in [3.8, 4) is 0 Å². The zero-order valence-corrected chi connectivity index (χ0v) is 10.1. The van der Waals surface area contributed by atoms with Crippen LogP contribution in [-0.4, -0.2) is 33.9 Å². The molecule has 2 aromatic heterocycles. The van der Waals surface area contributed by atoms with Gasteiger partial charge < -0.3 is 0 Å². The van der Waals surface area contributed by atoms with E-state index in [-0.39, 0.29) is 14.7 Å². The van der Waals surface area contributed by atoms with Gasteiger partial charge in [-0.1, -0.05) is 0 Å². The van der Waals surface area contributed by atoms with Crippen LogP contribution < -0.4 is 0 Å². The van der Waals surface area contributed by atoms with Crippen molar-refractivity contribution in [1.82, 2.24) is 19.2 Å². The van der Waals surface area contributed by atoms with E-state index in [4.69, 9.17) is 0 Å². The molecule has 0 saturated carbocycles. The fourth-order valence-corrected chi connectivity index (χ4v) is 3.30. The van der Waals surface area contributed by atoms with Gasteiger partial charge in [0, 0.05) is 0 Å². The van der Waals surface area contributed by atoms with Gasteiger partial charge in [0.1, 0.15) is 0 Å². The molecule has 5 heteroatoms. The van der Waals surface area contributed by atoms with Gasteiger partial charge in [0.05, 0.1) is 0 Å². The number of nitrogens with zero attached hydrogens (tertiary/aromatic N) is 4. The van der Waals surface area contributed by atoms with Crippen LogP contribution in [0, 0.1) is 13.8 Å². The minimum absolute atomic E-state index is 0.121. The standard InChI is InChI=1S/C10H8N4Se/c1-5-7-8(12-4-3-11-7)6(2)10-9(5)13-14-15-10/h3-4H,1-2H3. The van der Waals surface area contributed by atoms with Crippen LogP contribution in [-0.2, 0) is 0 Å². The van der Waals surface area contributed by atoms with E-state index in [1.165, 1.54) is 9.82 Å². The third-order valence-electron chi connectivity index (χ3n) is 2.59. The molecule has 4 nitrogen and oxygen atoms in total. The second-order valence-corrected chi connectivity index (χ2v) is 5.04. The molecule has 3 rings (SSSR count). The number of aryl methyl sites for hydroxylation is 2. The zero-order chi connectivity index (χ0) is 10.4. The van der Waals surface area contributed by atoms with Crippen molar-refractivity contribution in [3.05, 3.63) is 23.5 Å². The van der Waals surface area contributed by atoms with Gasteiger partial charge >= 0.3 is 92.1 Å². The first-order valence-electron chi connectivity index (χ1n) is 4.61. The molecule has 2 heterocycles. The van der Waals surface area contributed by atoms with E-state index in [1.54, 1.807) is 12.4 Å². The third kappa shape index (κ3) is 1.14. The molecule has 0 spiro atoms. The molecule has 0 fully saturated rings. The van der Waals surface area contributed by atoms with E-state index in [1.807, 2.05) is 6.92 Å². The topological polar surface area (TPSA) is 51.6 Å². The monoisotopic (exact) mass is 264 g/mol. The van der Waals surface area contributed by atoms with Crippen LogP contribution in [0.4, 0.5) is 0 Å². The molecule has 0 aliphatic carbocycles. The fraction of sp³-hybridized carbons (Fsp3) is 0.200. The van der Waals surface area contributed by atoms with E-state index in [9.17, 15) is 0 Å². The molecule has 0 unspecified atom stereocenters. The molecule has 0 atom stereocenters. The maximum absolute atomic E-state index is 4.38. The molecule has 74 valence electrons. The Bertz CT molecular complexity index is 603. The van der Waals surface area contributed by atoms with Crippen LogP contribution in [0.15, 0.2) is 12.4 Å². The quantitative estimate of drug-likeness (QED) is 0.573. The number of fused-ring (bicyclic) bond motifs is 2. The molecule has 0 amide bonds. The Kier molecular flexibility index (Phi) is 1.84. The van der Waals surface area contributed by atoms with E-state index < -0.39 is 0 Å². The van der Waals surface area contributed by atoms with E-state index in [2.05, 4.69) is 26.1 Å².